The molecule has 0 saturated heterocycles. The maximum absolute atomic E-state index is 5.88. The van der Waals surface area contributed by atoms with E-state index in [0.29, 0.717) is 0 Å². The first-order valence-electron chi connectivity index (χ1n) is 4.41. The fraction of sp³-hybridized carbons (Fsp3) is 0.0909. The van der Waals surface area contributed by atoms with Crippen LogP contribution in [0, 0.1) is 6.92 Å². The van der Waals surface area contributed by atoms with Gasteiger partial charge in [-0.05, 0) is 30.0 Å². The zero-order valence-electron chi connectivity index (χ0n) is 7.95. The lowest BCUT2D eigenvalue weighted by atomic mass is 10.1. The number of hydrogen-bond acceptors (Lipinski definition) is 3. The molecule has 0 unspecified atom stereocenters. The Hall–Kier alpha value is -1.48. The van der Waals surface area contributed by atoms with Gasteiger partial charge in [0.1, 0.15) is 0 Å². The molecule has 0 atom stereocenters. The van der Waals surface area contributed by atoms with Crippen molar-refractivity contribution in [3.8, 4) is 0 Å². The van der Waals surface area contributed by atoms with Crippen LogP contribution in [0.5, 0.6) is 0 Å². The van der Waals surface area contributed by atoms with E-state index in [1.807, 2.05) is 36.6 Å². The van der Waals surface area contributed by atoms with Crippen molar-refractivity contribution in [2.24, 2.45) is 0 Å². The molecule has 1 aromatic heterocycles. The van der Waals surface area contributed by atoms with Crippen LogP contribution in [0.15, 0.2) is 35.0 Å². The Balaban J connectivity index is 2.33. The first-order valence-corrected chi connectivity index (χ1v) is 5.36. The van der Waals surface area contributed by atoms with Gasteiger partial charge in [-0.1, -0.05) is 12.1 Å². The molecule has 0 aliphatic carbocycles. The fourth-order valence-corrected chi connectivity index (χ4v) is 1.93. The van der Waals surface area contributed by atoms with Crippen molar-refractivity contribution < 1.29 is 0 Å². The minimum absolute atomic E-state index is 0.788. The van der Waals surface area contributed by atoms with Gasteiger partial charge in [-0.2, -0.15) is 11.3 Å². The number of rotatable bonds is 2. The third kappa shape index (κ3) is 1.72. The Morgan fingerprint density at radius 1 is 1.29 bits per heavy atom. The zero-order chi connectivity index (χ0) is 9.97. The third-order valence-electron chi connectivity index (χ3n) is 2.10. The van der Waals surface area contributed by atoms with Crippen LogP contribution in [0.2, 0.25) is 0 Å². The summed E-state index contributed by atoms with van der Waals surface area (Å²) in [6.45, 7) is 2.05. The third-order valence-corrected chi connectivity index (χ3v) is 2.78. The number of hydrogen-bond donors (Lipinski definition) is 2. The molecule has 0 bridgehead atoms. The minimum Gasteiger partial charge on any atom is -0.397 e. The van der Waals surface area contributed by atoms with Crippen molar-refractivity contribution in [1.82, 2.24) is 0 Å². The number of aryl methyl sites for hydroxylation is 1. The number of nitrogens with one attached hydrogen (secondary N) is 1. The predicted molar refractivity (Wildman–Crippen MR) is 63.2 cm³/mol. The summed E-state index contributed by atoms with van der Waals surface area (Å²) >= 11 is 1.67. The Bertz CT molecular complexity index is 401. The van der Waals surface area contributed by atoms with Crippen LogP contribution in [0.25, 0.3) is 0 Å². The van der Waals surface area contributed by atoms with Gasteiger partial charge in [0.05, 0.1) is 11.4 Å². The first-order chi connectivity index (χ1) is 6.77. The molecule has 0 fully saturated rings. The Morgan fingerprint density at radius 2 is 2.14 bits per heavy atom. The van der Waals surface area contributed by atoms with E-state index in [2.05, 4.69) is 10.7 Å². The summed E-state index contributed by atoms with van der Waals surface area (Å²) in [7, 11) is 0. The number of nitrogen functional groups attached to an aromatic ring is 1. The molecule has 2 rings (SSSR count). The highest BCUT2D eigenvalue weighted by atomic mass is 32.1. The molecule has 0 aliphatic heterocycles. The van der Waals surface area contributed by atoms with E-state index < -0.39 is 0 Å². The van der Waals surface area contributed by atoms with Gasteiger partial charge in [0.25, 0.3) is 0 Å². The molecule has 72 valence electrons. The van der Waals surface area contributed by atoms with E-state index in [1.54, 1.807) is 11.3 Å². The van der Waals surface area contributed by atoms with Gasteiger partial charge in [-0.3, -0.25) is 0 Å². The summed E-state index contributed by atoms with van der Waals surface area (Å²) in [5.74, 6) is 0. The Labute approximate surface area is 87.4 Å². The molecule has 0 radical (unpaired) electrons. The number of nitrogens with two attached hydrogens (primary N) is 1. The lowest BCUT2D eigenvalue weighted by Gasteiger charge is -2.10. The van der Waals surface area contributed by atoms with E-state index in [1.165, 1.54) is 0 Å². The van der Waals surface area contributed by atoms with Crippen LogP contribution in [-0.4, -0.2) is 0 Å². The Kier molecular flexibility index (Phi) is 2.41. The highest BCUT2D eigenvalue weighted by Gasteiger charge is 2.02. The SMILES string of the molecule is Cc1cccc(N)c1Nc1ccsc1. The molecule has 0 saturated carbocycles. The second kappa shape index (κ2) is 3.72. The lowest BCUT2D eigenvalue weighted by Crippen LogP contribution is -1.97. The first kappa shape index (κ1) is 9.09. The van der Waals surface area contributed by atoms with Crippen LogP contribution in [0.4, 0.5) is 17.1 Å². The molecular formula is C11H12N2S. The van der Waals surface area contributed by atoms with Crippen molar-refractivity contribution in [2.75, 3.05) is 11.1 Å². The molecule has 0 amide bonds. The topological polar surface area (TPSA) is 38.0 Å². The van der Waals surface area contributed by atoms with Crippen LogP contribution in [-0.2, 0) is 0 Å². The molecule has 3 N–H and O–H groups in total. The predicted octanol–water partition coefficient (Wildman–Crippen LogP) is 3.38. The van der Waals surface area contributed by atoms with Gasteiger partial charge in [0.15, 0.2) is 0 Å². The molecule has 1 aromatic carbocycles. The van der Waals surface area contributed by atoms with E-state index in [9.17, 15) is 0 Å². The zero-order valence-corrected chi connectivity index (χ0v) is 8.77. The molecule has 3 heteroatoms. The highest BCUT2D eigenvalue weighted by Crippen LogP contribution is 2.27. The summed E-state index contributed by atoms with van der Waals surface area (Å²) in [5, 5.41) is 7.41. The number of anilines is 3. The molecule has 2 aromatic rings. The summed E-state index contributed by atoms with van der Waals surface area (Å²) in [6, 6.07) is 7.95. The summed E-state index contributed by atoms with van der Waals surface area (Å²) in [6.07, 6.45) is 0. The number of benzene rings is 1. The van der Waals surface area contributed by atoms with Crippen molar-refractivity contribution in [3.05, 3.63) is 40.6 Å². The minimum atomic E-state index is 0.788. The number of thiophene rings is 1. The second-order valence-electron chi connectivity index (χ2n) is 3.18. The van der Waals surface area contributed by atoms with Gasteiger partial charge in [0.2, 0.25) is 0 Å². The molecule has 0 spiro atoms. The lowest BCUT2D eigenvalue weighted by molar-refractivity contribution is 1.44. The highest BCUT2D eigenvalue weighted by molar-refractivity contribution is 7.08. The Morgan fingerprint density at radius 3 is 2.79 bits per heavy atom. The largest absolute Gasteiger partial charge is 0.397 e. The molecule has 1 heterocycles. The maximum atomic E-state index is 5.88. The van der Waals surface area contributed by atoms with Crippen molar-refractivity contribution in [3.63, 3.8) is 0 Å². The van der Waals surface area contributed by atoms with E-state index in [0.717, 1.165) is 22.6 Å². The average molecular weight is 204 g/mol. The van der Waals surface area contributed by atoms with E-state index >= 15 is 0 Å². The maximum Gasteiger partial charge on any atom is 0.0647 e. The van der Waals surface area contributed by atoms with Crippen LogP contribution < -0.4 is 11.1 Å². The van der Waals surface area contributed by atoms with Crippen molar-refractivity contribution in [2.45, 2.75) is 6.92 Å². The summed E-state index contributed by atoms with van der Waals surface area (Å²) in [5.41, 5.74) is 9.93. The summed E-state index contributed by atoms with van der Waals surface area (Å²) in [4.78, 5) is 0. The smallest absolute Gasteiger partial charge is 0.0647 e. The molecule has 14 heavy (non-hydrogen) atoms. The normalized spacial score (nSPS) is 10.1. The standard InChI is InChI=1S/C11H12N2S/c1-8-3-2-4-10(12)11(8)13-9-5-6-14-7-9/h2-7,13H,12H2,1H3. The second-order valence-corrected chi connectivity index (χ2v) is 3.96. The van der Waals surface area contributed by atoms with Gasteiger partial charge in [0, 0.05) is 11.1 Å². The van der Waals surface area contributed by atoms with Crippen LogP contribution in [0.1, 0.15) is 5.56 Å². The summed E-state index contributed by atoms with van der Waals surface area (Å²) < 4.78 is 0. The molecule has 0 aliphatic rings. The van der Waals surface area contributed by atoms with Gasteiger partial charge < -0.3 is 11.1 Å². The van der Waals surface area contributed by atoms with Gasteiger partial charge >= 0.3 is 0 Å². The molecular weight excluding hydrogens is 192 g/mol. The number of para-hydroxylation sites is 1. The monoisotopic (exact) mass is 204 g/mol. The average Bonchev–Trinajstić information content (AvgIpc) is 2.64. The van der Waals surface area contributed by atoms with E-state index in [4.69, 9.17) is 5.73 Å². The molecule has 2 nitrogen and oxygen atoms in total. The fourth-order valence-electron chi connectivity index (χ4n) is 1.34. The van der Waals surface area contributed by atoms with Crippen molar-refractivity contribution in [1.29, 1.82) is 0 Å². The van der Waals surface area contributed by atoms with E-state index in [-0.39, 0.29) is 0 Å². The quantitative estimate of drug-likeness (QED) is 0.736. The van der Waals surface area contributed by atoms with Crippen molar-refractivity contribution >= 4 is 28.4 Å². The van der Waals surface area contributed by atoms with Crippen LogP contribution >= 0.6 is 11.3 Å². The van der Waals surface area contributed by atoms with Gasteiger partial charge in [-0.25, -0.2) is 0 Å². The van der Waals surface area contributed by atoms with Crippen LogP contribution in [0.3, 0.4) is 0 Å². The van der Waals surface area contributed by atoms with Gasteiger partial charge in [-0.15, -0.1) is 0 Å².